The summed E-state index contributed by atoms with van der Waals surface area (Å²) in [5.41, 5.74) is 6.75. The van der Waals surface area contributed by atoms with Crippen LogP contribution < -0.4 is 11.1 Å². The Morgan fingerprint density at radius 1 is 1.08 bits per heavy atom. The number of nitrogens with one attached hydrogen (secondary N) is 2. The van der Waals surface area contributed by atoms with E-state index in [1.165, 1.54) is 6.07 Å². The Kier molecular flexibility index (Phi) is 5.24. The molecule has 0 aliphatic rings. The molecule has 0 bridgehead atoms. The molecular formula is C16H16ClN5O2S. The number of hydrogen-bond acceptors (Lipinski definition) is 5. The monoisotopic (exact) mass is 377 g/mol. The van der Waals surface area contributed by atoms with Crippen LogP contribution in [-0.2, 0) is 9.84 Å². The van der Waals surface area contributed by atoms with E-state index in [0.29, 0.717) is 16.5 Å². The number of rotatable bonds is 3. The van der Waals surface area contributed by atoms with E-state index in [0.717, 1.165) is 11.8 Å². The van der Waals surface area contributed by atoms with Gasteiger partial charge in [0.2, 0.25) is 0 Å². The maximum atomic E-state index is 12.2. The van der Waals surface area contributed by atoms with E-state index in [-0.39, 0.29) is 29.1 Å². The van der Waals surface area contributed by atoms with E-state index < -0.39 is 9.84 Å². The van der Waals surface area contributed by atoms with Crippen molar-refractivity contribution in [2.75, 3.05) is 11.6 Å². The predicted octanol–water partition coefficient (Wildman–Crippen LogP) is 2.43. The first kappa shape index (κ1) is 18.6. The molecule has 0 radical (unpaired) electrons. The van der Waals surface area contributed by atoms with Crippen LogP contribution in [-0.4, -0.2) is 30.8 Å². The summed E-state index contributed by atoms with van der Waals surface area (Å²) in [4.78, 5) is 0.107. The summed E-state index contributed by atoms with van der Waals surface area (Å²) in [6, 6.07) is 14.3. The van der Waals surface area contributed by atoms with Crippen LogP contribution in [0.3, 0.4) is 0 Å². The summed E-state index contributed by atoms with van der Waals surface area (Å²) < 4.78 is 24.3. The number of halogens is 1. The van der Waals surface area contributed by atoms with Crippen molar-refractivity contribution in [3.63, 3.8) is 0 Å². The van der Waals surface area contributed by atoms with Crippen molar-refractivity contribution >= 4 is 44.8 Å². The molecule has 0 saturated heterocycles. The SMILES string of the molecule is CS(=O)(=O)c1cccc2c(-c3ccccc3)nnc(NC(=N)N)c12.Cl. The maximum absolute atomic E-state index is 12.2. The molecule has 0 saturated carbocycles. The van der Waals surface area contributed by atoms with Gasteiger partial charge in [0.05, 0.1) is 4.90 Å². The van der Waals surface area contributed by atoms with Crippen LogP contribution in [0.4, 0.5) is 5.82 Å². The second-order valence-electron chi connectivity index (χ2n) is 5.25. The smallest absolute Gasteiger partial charge is 0.191 e. The topological polar surface area (TPSA) is 122 Å². The van der Waals surface area contributed by atoms with Gasteiger partial charge in [-0.1, -0.05) is 42.5 Å². The molecule has 0 aliphatic heterocycles. The van der Waals surface area contributed by atoms with E-state index in [2.05, 4.69) is 15.5 Å². The summed E-state index contributed by atoms with van der Waals surface area (Å²) >= 11 is 0. The first-order valence-corrected chi connectivity index (χ1v) is 8.93. The first-order valence-electron chi connectivity index (χ1n) is 7.04. The third-order valence-corrected chi connectivity index (χ3v) is 4.61. The number of sulfone groups is 1. The average Bonchev–Trinajstić information content (AvgIpc) is 2.54. The first-order chi connectivity index (χ1) is 11.4. The molecule has 0 amide bonds. The Balaban J connectivity index is 0.00000225. The van der Waals surface area contributed by atoms with Crippen LogP contribution in [0.15, 0.2) is 53.4 Å². The number of guanidine groups is 1. The summed E-state index contributed by atoms with van der Waals surface area (Å²) in [6.07, 6.45) is 1.13. The fraction of sp³-hybridized carbons (Fsp3) is 0.0625. The molecule has 0 aliphatic carbocycles. The standard InChI is InChI=1S/C16H15N5O2S.ClH/c1-24(22,23)12-9-5-8-11-13(12)15(19-16(17)18)21-20-14(11)10-6-3-2-4-7-10;/h2-9H,1H3,(H4,17,18,19,21);1H. The molecule has 9 heteroatoms. The second kappa shape index (κ2) is 7.04. The van der Waals surface area contributed by atoms with Gasteiger partial charge in [0.1, 0.15) is 5.69 Å². The van der Waals surface area contributed by atoms with Gasteiger partial charge in [0.25, 0.3) is 0 Å². The van der Waals surface area contributed by atoms with Gasteiger partial charge in [-0.25, -0.2) is 8.42 Å². The molecule has 0 atom stereocenters. The molecule has 1 heterocycles. The zero-order chi connectivity index (χ0) is 17.3. The molecule has 2 aromatic carbocycles. The maximum Gasteiger partial charge on any atom is 0.191 e. The highest BCUT2D eigenvalue weighted by molar-refractivity contribution is 7.91. The highest BCUT2D eigenvalue weighted by atomic mass is 35.5. The van der Waals surface area contributed by atoms with E-state index in [1.54, 1.807) is 12.1 Å². The van der Waals surface area contributed by atoms with Gasteiger partial charge in [-0.05, 0) is 6.07 Å². The van der Waals surface area contributed by atoms with Gasteiger partial charge in [-0.2, -0.15) is 0 Å². The fourth-order valence-corrected chi connectivity index (χ4v) is 3.41. The van der Waals surface area contributed by atoms with Crippen LogP contribution >= 0.6 is 12.4 Å². The number of benzene rings is 2. The number of fused-ring (bicyclic) bond motifs is 1. The fourth-order valence-electron chi connectivity index (χ4n) is 2.51. The minimum atomic E-state index is -3.51. The summed E-state index contributed by atoms with van der Waals surface area (Å²) in [5, 5.41) is 19.2. The van der Waals surface area contributed by atoms with Crippen LogP contribution in [0.1, 0.15) is 0 Å². The van der Waals surface area contributed by atoms with Gasteiger partial charge in [-0.15, -0.1) is 22.6 Å². The number of nitrogens with zero attached hydrogens (tertiary/aromatic N) is 2. The Morgan fingerprint density at radius 3 is 2.36 bits per heavy atom. The van der Waals surface area contributed by atoms with Crippen molar-refractivity contribution in [1.29, 1.82) is 5.41 Å². The van der Waals surface area contributed by atoms with E-state index in [1.807, 2.05) is 30.3 Å². The van der Waals surface area contributed by atoms with Crippen LogP contribution in [0, 0.1) is 5.41 Å². The van der Waals surface area contributed by atoms with E-state index >= 15 is 0 Å². The van der Waals surface area contributed by atoms with Gasteiger partial charge in [-0.3, -0.25) is 5.41 Å². The summed E-state index contributed by atoms with van der Waals surface area (Å²) in [7, 11) is -3.51. The highest BCUT2D eigenvalue weighted by Gasteiger charge is 2.19. The number of aromatic nitrogens is 2. The number of anilines is 1. The number of hydrogen-bond donors (Lipinski definition) is 3. The second-order valence-corrected chi connectivity index (χ2v) is 7.24. The minimum Gasteiger partial charge on any atom is -0.370 e. The molecule has 0 spiro atoms. The zero-order valence-electron chi connectivity index (χ0n) is 13.2. The van der Waals surface area contributed by atoms with Crippen LogP contribution in [0.2, 0.25) is 0 Å². The van der Waals surface area contributed by atoms with Gasteiger partial charge in [0, 0.05) is 22.6 Å². The van der Waals surface area contributed by atoms with Crippen LogP contribution in [0.5, 0.6) is 0 Å². The van der Waals surface area contributed by atoms with Crippen molar-refractivity contribution in [2.24, 2.45) is 5.73 Å². The van der Waals surface area contributed by atoms with Crippen LogP contribution in [0.25, 0.3) is 22.0 Å². The van der Waals surface area contributed by atoms with Crippen molar-refractivity contribution in [3.05, 3.63) is 48.5 Å². The number of nitrogens with two attached hydrogens (primary N) is 1. The summed E-state index contributed by atoms with van der Waals surface area (Å²) in [5.74, 6) is -0.209. The average molecular weight is 378 g/mol. The zero-order valence-corrected chi connectivity index (χ0v) is 14.9. The molecule has 4 N–H and O–H groups in total. The molecule has 130 valence electrons. The lowest BCUT2D eigenvalue weighted by atomic mass is 10.0. The molecular weight excluding hydrogens is 362 g/mol. The Labute approximate surface area is 151 Å². The van der Waals surface area contributed by atoms with Crippen molar-refractivity contribution in [1.82, 2.24) is 10.2 Å². The quantitative estimate of drug-likeness (QED) is 0.476. The third-order valence-electron chi connectivity index (χ3n) is 3.47. The van der Waals surface area contributed by atoms with Crippen molar-refractivity contribution < 1.29 is 8.42 Å². The Hall–Kier alpha value is -2.71. The normalized spacial score (nSPS) is 10.9. The van der Waals surface area contributed by atoms with Gasteiger partial charge >= 0.3 is 0 Å². The molecule has 7 nitrogen and oxygen atoms in total. The third kappa shape index (κ3) is 3.70. The predicted molar refractivity (Wildman–Crippen MR) is 101 cm³/mol. The van der Waals surface area contributed by atoms with Crippen molar-refractivity contribution in [3.8, 4) is 11.3 Å². The Morgan fingerprint density at radius 2 is 1.76 bits per heavy atom. The van der Waals surface area contributed by atoms with Gasteiger partial charge < -0.3 is 11.1 Å². The lowest BCUT2D eigenvalue weighted by molar-refractivity contribution is 0.602. The molecule has 0 fully saturated rings. The van der Waals surface area contributed by atoms with Crippen molar-refractivity contribution in [2.45, 2.75) is 4.90 Å². The molecule has 0 unspecified atom stereocenters. The highest BCUT2D eigenvalue weighted by Crippen LogP contribution is 2.33. The summed E-state index contributed by atoms with van der Waals surface area (Å²) in [6.45, 7) is 0. The Bertz CT molecular complexity index is 1040. The lowest BCUT2D eigenvalue weighted by Gasteiger charge is -2.13. The lowest BCUT2D eigenvalue weighted by Crippen LogP contribution is -2.22. The molecule has 3 rings (SSSR count). The molecule has 25 heavy (non-hydrogen) atoms. The minimum absolute atomic E-state index is 0. The largest absolute Gasteiger partial charge is 0.370 e. The molecule has 3 aromatic rings. The van der Waals surface area contributed by atoms with E-state index in [4.69, 9.17) is 11.1 Å². The molecule has 1 aromatic heterocycles. The van der Waals surface area contributed by atoms with Gasteiger partial charge in [0.15, 0.2) is 21.6 Å². The van der Waals surface area contributed by atoms with E-state index in [9.17, 15) is 8.42 Å².